The van der Waals surface area contributed by atoms with E-state index in [0.717, 1.165) is 19.0 Å². The van der Waals surface area contributed by atoms with Gasteiger partial charge in [0.15, 0.2) is 0 Å². The zero-order valence-electron chi connectivity index (χ0n) is 6.43. The number of hydrogen-bond acceptors (Lipinski definition) is 3. The monoisotopic (exact) mass is 177 g/mol. The largest absolute Gasteiger partial charge is 0.420 e. The molecule has 1 fully saturated rings. The van der Waals surface area contributed by atoms with Crippen molar-refractivity contribution < 1.29 is 8.23 Å². The Morgan fingerprint density at radius 3 is 2.50 bits per heavy atom. The van der Waals surface area contributed by atoms with E-state index in [9.17, 15) is 0 Å². The van der Waals surface area contributed by atoms with Gasteiger partial charge in [-0.05, 0) is 25.6 Å². The second kappa shape index (κ2) is 3.63. The Hall–Kier alpha value is 0.314. The predicted molar refractivity (Wildman–Crippen MR) is 45.4 cm³/mol. The lowest BCUT2D eigenvalue weighted by Crippen LogP contribution is -2.51. The van der Waals surface area contributed by atoms with Crippen molar-refractivity contribution in [3.05, 3.63) is 0 Å². The van der Waals surface area contributed by atoms with Gasteiger partial charge >= 0.3 is 8.56 Å². The van der Waals surface area contributed by atoms with Crippen molar-refractivity contribution in [2.24, 2.45) is 5.73 Å². The van der Waals surface area contributed by atoms with Crippen LogP contribution in [0.2, 0.25) is 12.6 Å². The molecule has 0 aromatic carbocycles. The van der Waals surface area contributed by atoms with Gasteiger partial charge in [0, 0.05) is 0 Å². The zero-order chi connectivity index (χ0) is 7.45. The van der Waals surface area contributed by atoms with Crippen LogP contribution in [0.4, 0.5) is 0 Å². The molecule has 3 nitrogen and oxygen atoms in total. The summed E-state index contributed by atoms with van der Waals surface area (Å²) in [6.45, 7) is 2.93. The van der Waals surface area contributed by atoms with Gasteiger partial charge < -0.3 is 14.0 Å². The highest BCUT2D eigenvalue weighted by atomic mass is 28.5. The summed E-state index contributed by atoms with van der Waals surface area (Å²) in [5.74, 6) is 0. The highest BCUT2D eigenvalue weighted by Gasteiger charge is 2.37. The van der Waals surface area contributed by atoms with E-state index in [-0.39, 0.29) is 0 Å². The van der Waals surface area contributed by atoms with Gasteiger partial charge in [0.05, 0.1) is 0 Å². The van der Waals surface area contributed by atoms with Crippen molar-refractivity contribution in [2.75, 3.05) is 6.54 Å². The van der Waals surface area contributed by atoms with Crippen LogP contribution in [0.25, 0.3) is 0 Å². The molecule has 0 amide bonds. The third-order valence-corrected chi connectivity index (χ3v) is 8.90. The molecule has 1 saturated heterocycles. The van der Waals surface area contributed by atoms with Crippen LogP contribution in [0.3, 0.4) is 0 Å². The molecule has 1 aliphatic heterocycles. The summed E-state index contributed by atoms with van der Waals surface area (Å²) < 4.78 is 11.0. The molecule has 0 bridgehead atoms. The molecule has 0 aliphatic carbocycles. The van der Waals surface area contributed by atoms with Crippen molar-refractivity contribution in [1.29, 1.82) is 0 Å². The highest BCUT2D eigenvalue weighted by molar-refractivity contribution is 6.79. The van der Waals surface area contributed by atoms with E-state index in [1.807, 2.05) is 0 Å². The lowest BCUT2D eigenvalue weighted by atomic mass is 10.3. The molecule has 0 spiro atoms. The Bertz CT molecular complexity index is 108. The van der Waals surface area contributed by atoms with E-state index in [1.54, 1.807) is 0 Å². The van der Waals surface area contributed by atoms with Gasteiger partial charge in [0.1, 0.15) is 0 Å². The van der Waals surface area contributed by atoms with Gasteiger partial charge in [-0.3, -0.25) is 0 Å². The molecule has 0 atom stereocenters. The highest BCUT2D eigenvalue weighted by Crippen LogP contribution is 2.22. The van der Waals surface area contributed by atoms with Gasteiger partial charge in [0.2, 0.25) is 0 Å². The van der Waals surface area contributed by atoms with Gasteiger partial charge in [-0.1, -0.05) is 6.42 Å². The number of unbranched alkanes of at least 4 members (excludes halogenated alkanes) is 1. The molecule has 1 rings (SSSR count). The van der Waals surface area contributed by atoms with Gasteiger partial charge in [-0.15, -0.1) is 0 Å². The third kappa shape index (κ3) is 2.17. The molecule has 5 heteroatoms. The Morgan fingerprint density at radius 1 is 1.40 bits per heavy atom. The Kier molecular flexibility index (Phi) is 3.05. The van der Waals surface area contributed by atoms with E-state index in [0.29, 0.717) is 0 Å². The van der Waals surface area contributed by atoms with Gasteiger partial charge in [0.25, 0.3) is 10.0 Å². The summed E-state index contributed by atoms with van der Waals surface area (Å²) >= 11 is 0. The normalized spacial score (nSPS) is 34.2. The maximum atomic E-state index is 5.48. The second-order valence-electron chi connectivity index (χ2n) is 2.79. The minimum absolute atomic E-state index is 0.503. The van der Waals surface area contributed by atoms with Crippen LogP contribution in [-0.4, -0.2) is 25.1 Å². The van der Waals surface area contributed by atoms with Crippen LogP contribution >= 0.6 is 0 Å². The molecule has 2 N–H and O–H groups in total. The number of nitrogens with two attached hydrogens (primary N) is 1. The SMILES string of the molecule is C[Si]1(CCCCN)O[SiH2]O1. The molecular weight excluding hydrogens is 162 g/mol. The Balaban J connectivity index is 2.01. The van der Waals surface area contributed by atoms with E-state index in [4.69, 9.17) is 14.0 Å². The van der Waals surface area contributed by atoms with E-state index in [2.05, 4.69) is 6.55 Å². The maximum Gasteiger partial charge on any atom is 0.316 e. The predicted octanol–water partition coefficient (Wildman–Crippen LogP) is -0.157. The number of hydrogen-bond donors (Lipinski definition) is 1. The molecule has 0 aromatic rings. The van der Waals surface area contributed by atoms with E-state index >= 15 is 0 Å². The minimum atomic E-state index is -1.53. The Labute approximate surface area is 65.2 Å². The van der Waals surface area contributed by atoms with Crippen LogP contribution in [-0.2, 0) is 8.23 Å². The molecule has 0 aromatic heterocycles. The standard InChI is InChI=1S/C5H15NO2Si2/c1-10(7-9-8-10)5-3-2-4-6/h2-6,9H2,1H3. The lowest BCUT2D eigenvalue weighted by Gasteiger charge is -2.36. The van der Waals surface area contributed by atoms with Crippen molar-refractivity contribution in [2.45, 2.75) is 25.4 Å². The van der Waals surface area contributed by atoms with Crippen LogP contribution in [0.15, 0.2) is 0 Å². The van der Waals surface area contributed by atoms with Crippen molar-refractivity contribution in [1.82, 2.24) is 0 Å². The van der Waals surface area contributed by atoms with Crippen molar-refractivity contribution in [3.63, 3.8) is 0 Å². The average molecular weight is 177 g/mol. The van der Waals surface area contributed by atoms with Crippen molar-refractivity contribution in [3.8, 4) is 0 Å². The maximum absolute atomic E-state index is 5.48. The van der Waals surface area contributed by atoms with Gasteiger partial charge in [-0.2, -0.15) is 0 Å². The third-order valence-electron chi connectivity index (χ3n) is 1.81. The first-order valence-electron chi connectivity index (χ1n) is 3.75. The minimum Gasteiger partial charge on any atom is -0.420 e. The quantitative estimate of drug-likeness (QED) is 0.479. The summed E-state index contributed by atoms with van der Waals surface area (Å²) in [6, 6.07) is 1.14. The molecule has 60 valence electrons. The van der Waals surface area contributed by atoms with E-state index < -0.39 is 18.6 Å². The van der Waals surface area contributed by atoms with Crippen molar-refractivity contribution >= 4 is 18.6 Å². The van der Waals surface area contributed by atoms with Crippen LogP contribution in [0.1, 0.15) is 12.8 Å². The molecule has 1 heterocycles. The molecule has 0 radical (unpaired) electrons. The fourth-order valence-corrected chi connectivity index (χ4v) is 5.12. The zero-order valence-corrected chi connectivity index (χ0v) is 8.84. The topological polar surface area (TPSA) is 44.5 Å². The summed E-state index contributed by atoms with van der Waals surface area (Å²) in [5.41, 5.74) is 5.36. The fourth-order valence-electron chi connectivity index (χ4n) is 0.995. The van der Waals surface area contributed by atoms with Crippen LogP contribution < -0.4 is 5.73 Å². The summed E-state index contributed by atoms with van der Waals surface area (Å²) in [4.78, 5) is 0. The molecule has 1 aliphatic rings. The first-order valence-corrected chi connectivity index (χ1v) is 7.43. The summed E-state index contributed by atoms with van der Waals surface area (Å²) in [5, 5.41) is 0. The fraction of sp³-hybridized carbons (Fsp3) is 1.00. The lowest BCUT2D eigenvalue weighted by molar-refractivity contribution is 0.278. The van der Waals surface area contributed by atoms with E-state index in [1.165, 1.54) is 6.42 Å². The number of rotatable bonds is 4. The van der Waals surface area contributed by atoms with Gasteiger partial charge in [-0.25, -0.2) is 0 Å². The second-order valence-corrected chi connectivity index (χ2v) is 8.10. The smallest absolute Gasteiger partial charge is 0.316 e. The molecule has 0 unspecified atom stereocenters. The first kappa shape index (κ1) is 8.41. The van der Waals surface area contributed by atoms with Crippen LogP contribution in [0.5, 0.6) is 0 Å². The summed E-state index contributed by atoms with van der Waals surface area (Å²) in [6.07, 6.45) is 2.28. The average Bonchev–Trinajstić information content (AvgIpc) is 1.85. The molecule has 0 saturated carbocycles. The Morgan fingerprint density at radius 2 is 2.10 bits per heavy atom. The molecular formula is C5H15NO2Si2. The van der Waals surface area contributed by atoms with Crippen LogP contribution in [0, 0.1) is 0 Å². The summed E-state index contributed by atoms with van der Waals surface area (Å²) in [7, 11) is -2.03. The molecule has 10 heavy (non-hydrogen) atoms. The first-order chi connectivity index (χ1) is 4.77.